The molecule has 1 amide bonds. The average Bonchev–Trinajstić information content (AvgIpc) is 3.10. The van der Waals surface area contributed by atoms with Crippen LogP contribution in [0.4, 0.5) is 15.8 Å². The molecule has 0 atom stereocenters. The van der Waals surface area contributed by atoms with Crippen LogP contribution in [0.2, 0.25) is 5.02 Å². The molecule has 1 heterocycles. The van der Waals surface area contributed by atoms with Gasteiger partial charge >= 0.3 is 0 Å². The molecule has 0 radical (unpaired) electrons. The van der Waals surface area contributed by atoms with Crippen molar-refractivity contribution in [1.82, 2.24) is 14.8 Å². The summed E-state index contributed by atoms with van der Waals surface area (Å²) in [4.78, 5) is 16.2. The molecule has 2 aromatic carbocycles. The van der Waals surface area contributed by atoms with Gasteiger partial charge in [-0.3, -0.25) is 4.79 Å². The second-order valence-corrected chi connectivity index (χ2v) is 5.80. The predicted molar refractivity (Wildman–Crippen MR) is 94.6 cm³/mol. The number of hydrogen-bond acceptors (Lipinski definition) is 4. The molecule has 3 rings (SSSR count). The minimum atomic E-state index is -0.364. The lowest BCUT2D eigenvalue weighted by Crippen LogP contribution is -2.23. The van der Waals surface area contributed by atoms with Crippen LogP contribution in [0.25, 0.3) is 5.69 Å². The summed E-state index contributed by atoms with van der Waals surface area (Å²) in [5, 5.41) is 10.2. The largest absolute Gasteiger partial charge is 0.376 e. The molecule has 0 aliphatic rings. The van der Waals surface area contributed by atoms with Crippen LogP contribution in [0, 0.1) is 12.7 Å². The summed E-state index contributed by atoms with van der Waals surface area (Å²) in [5.41, 5.74) is 2.55. The van der Waals surface area contributed by atoms with Crippen LogP contribution in [-0.2, 0) is 4.79 Å². The summed E-state index contributed by atoms with van der Waals surface area (Å²) in [7, 11) is 0. The Balaban J connectivity index is 1.73. The molecule has 25 heavy (non-hydrogen) atoms. The number of nitrogens with zero attached hydrogens (tertiary/aromatic N) is 3. The lowest BCUT2D eigenvalue weighted by molar-refractivity contribution is -0.114. The first-order valence-corrected chi connectivity index (χ1v) is 7.85. The maximum absolute atomic E-state index is 13.3. The van der Waals surface area contributed by atoms with Gasteiger partial charge in [0.1, 0.15) is 18.5 Å². The highest BCUT2D eigenvalue weighted by Crippen LogP contribution is 2.24. The maximum atomic E-state index is 13.3. The normalized spacial score (nSPS) is 10.5. The van der Waals surface area contributed by atoms with E-state index in [1.807, 2.05) is 6.92 Å². The zero-order valence-corrected chi connectivity index (χ0v) is 14.1. The molecular weight excluding hydrogens is 345 g/mol. The first-order chi connectivity index (χ1) is 12.0. The molecule has 2 N–H and O–H groups in total. The third-order valence-corrected chi connectivity index (χ3v) is 3.77. The molecular formula is C17H15ClFN5O. The Bertz CT molecular complexity index is 898. The van der Waals surface area contributed by atoms with Gasteiger partial charge < -0.3 is 10.6 Å². The zero-order chi connectivity index (χ0) is 17.8. The fourth-order valence-corrected chi connectivity index (χ4v) is 2.47. The van der Waals surface area contributed by atoms with Crippen LogP contribution in [0.15, 0.2) is 49.1 Å². The second kappa shape index (κ2) is 7.31. The molecule has 8 heteroatoms. The fourth-order valence-electron chi connectivity index (χ4n) is 2.30. The summed E-state index contributed by atoms with van der Waals surface area (Å²) in [5.74, 6) is -0.663. The van der Waals surface area contributed by atoms with Crippen molar-refractivity contribution in [2.45, 2.75) is 6.92 Å². The Labute approximate surface area is 148 Å². The van der Waals surface area contributed by atoms with E-state index >= 15 is 0 Å². The minimum Gasteiger partial charge on any atom is -0.376 e. The monoisotopic (exact) mass is 359 g/mol. The third-order valence-electron chi connectivity index (χ3n) is 3.54. The molecule has 0 unspecified atom stereocenters. The van der Waals surface area contributed by atoms with Gasteiger partial charge in [-0.2, -0.15) is 5.10 Å². The van der Waals surface area contributed by atoms with Crippen molar-refractivity contribution in [2.24, 2.45) is 0 Å². The first-order valence-electron chi connectivity index (χ1n) is 7.47. The molecule has 6 nitrogen and oxygen atoms in total. The van der Waals surface area contributed by atoms with E-state index in [4.69, 9.17) is 11.6 Å². The molecule has 0 aliphatic heterocycles. The van der Waals surface area contributed by atoms with Crippen molar-refractivity contribution in [3.63, 3.8) is 0 Å². The highest BCUT2D eigenvalue weighted by molar-refractivity contribution is 6.31. The van der Waals surface area contributed by atoms with Gasteiger partial charge in [0.25, 0.3) is 0 Å². The van der Waals surface area contributed by atoms with Gasteiger partial charge in [0.2, 0.25) is 5.91 Å². The van der Waals surface area contributed by atoms with Crippen molar-refractivity contribution < 1.29 is 9.18 Å². The predicted octanol–water partition coefficient (Wildman–Crippen LogP) is 3.42. The number of halogens is 2. The van der Waals surface area contributed by atoms with E-state index in [9.17, 15) is 9.18 Å². The van der Waals surface area contributed by atoms with E-state index in [2.05, 4.69) is 20.7 Å². The molecule has 0 fully saturated rings. The summed E-state index contributed by atoms with van der Waals surface area (Å²) in [6.45, 7) is 1.81. The van der Waals surface area contributed by atoms with Gasteiger partial charge in [-0.05, 0) is 42.8 Å². The van der Waals surface area contributed by atoms with Gasteiger partial charge in [0.15, 0.2) is 0 Å². The number of hydrogen-bond donors (Lipinski definition) is 2. The molecule has 0 aliphatic carbocycles. The Kier molecular flexibility index (Phi) is 4.95. The topological polar surface area (TPSA) is 71.8 Å². The van der Waals surface area contributed by atoms with Gasteiger partial charge in [0, 0.05) is 10.7 Å². The number of aryl methyl sites for hydroxylation is 1. The molecule has 3 aromatic rings. The van der Waals surface area contributed by atoms with E-state index in [1.165, 1.54) is 29.5 Å². The zero-order valence-electron chi connectivity index (χ0n) is 13.3. The number of nitrogens with one attached hydrogen (secondary N) is 2. The quantitative estimate of drug-likeness (QED) is 0.732. The van der Waals surface area contributed by atoms with Crippen LogP contribution in [0.1, 0.15) is 5.56 Å². The SMILES string of the molecule is Cc1ccc(F)cc1NCC(=O)Nc1cc(Cl)ccc1-n1cncn1. The first kappa shape index (κ1) is 16.9. The minimum absolute atomic E-state index is 0.0202. The summed E-state index contributed by atoms with van der Waals surface area (Å²) >= 11 is 6.02. The van der Waals surface area contributed by atoms with Crippen molar-refractivity contribution in [3.05, 3.63) is 65.5 Å². The van der Waals surface area contributed by atoms with Crippen molar-refractivity contribution in [3.8, 4) is 5.69 Å². The number of anilines is 2. The number of carbonyl (C=O) groups is 1. The Morgan fingerprint density at radius 3 is 2.84 bits per heavy atom. The molecule has 0 bridgehead atoms. The number of aromatic nitrogens is 3. The Morgan fingerprint density at radius 1 is 1.24 bits per heavy atom. The molecule has 128 valence electrons. The van der Waals surface area contributed by atoms with Crippen LogP contribution in [0.3, 0.4) is 0 Å². The van der Waals surface area contributed by atoms with Crippen molar-refractivity contribution in [1.29, 1.82) is 0 Å². The van der Waals surface area contributed by atoms with Gasteiger partial charge in [-0.1, -0.05) is 17.7 Å². The number of amides is 1. The van der Waals surface area contributed by atoms with E-state index < -0.39 is 0 Å². The van der Waals surface area contributed by atoms with Crippen molar-refractivity contribution in [2.75, 3.05) is 17.2 Å². The maximum Gasteiger partial charge on any atom is 0.243 e. The van der Waals surface area contributed by atoms with Gasteiger partial charge in [-0.15, -0.1) is 0 Å². The molecule has 1 aromatic heterocycles. The van der Waals surface area contributed by atoms with Crippen LogP contribution >= 0.6 is 11.6 Å². The number of rotatable bonds is 5. The average molecular weight is 360 g/mol. The third kappa shape index (κ3) is 4.13. The summed E-state index contributed by atoms with van der Waals surface area (Å²) in [6, 6.07) is 9.43. The fraction of sp³-hybridized carbons (Fsp3) is 0.118. The van der Waals surface area contributed by atoms with Gasteiger partial charge in [0.05, 0.1) is 17.9 Å². The standard InChI is InChI=1S/C17H15ClFN5O/c1-11-2-4-13(19)7-14(11)21-8-17(25)23-15-6-12(18)3-5-16(15)24-10-20-9-22-24/h2-7,9-10,21H,8H2,1H3,(H,23,25). The Morgan fingerprint density at radius 2 is 2.08 bits per heavy atom. The lowest BCUT2D eigenvalue weighted by Gasteiger charge is -2.13. The lowest BCUT2D eigenvalue weighted by atomic mass is 10.2. The van der Waals surface area contributed by atoms with E-state index in [0.29, 0.717) is 22.1 Å². The smallest absolute Gasteiger partial charge is 0.243 e. The van der Waals surface area contributed by atoms with Gasteiger partial charge in [-0.25, -0.2) is 14.1 Å². The summed E-state index contributed by atoms with van der Waals surface area (Å²) < 4.78 is 14.8. The highest BCUT2D eigenvalue weighted by atomic mass is 35.5. The van der Waals surface area contributed by atoms with E-state index in [0.717, 1.165) is 5.56 Å². The van der Waals surface area contributed by atoms with Crippen LogP contribution < -0.4 is 10.6 Å². The highest BCUT2D eigenvalue weighted by Gasteiger charge is 2.11. The number of benzene rings is 2. The molecule has 0 saturated heterocycles. The molecule has 0 spiro atoms. The van der Waals surface area contributed by atoms with Crippen LogP contribution in [-0.4, -0.2) is 27.2 Å². The van der Waals surface area contributed by atoms with E-state index in [-0.39, 0.29) is 18.3 Å². The van der Waals surface area contributed by atoms with Crippen LogP contribution in [0.5, 0.6) is 0 Å². The molecule has 0 saturated carbocycles. The summed E-state index contributed by atoms with van der Waals surface area (Å²) in [6.07, 6.45) is 2.92. The second-order valence-electron chi connectivity index (χ2n) is 5.36. The van der Waals surface area contributed by atoms with Crippen molar-refractivity contribution >= 4 is 28.9 Å². The Hall–Kier alpha value is -2.93. The van der Waals surface area contributed by atoms with E-state index in [1.54, 1.807) is 24.3 Å². The number of carbonyl (C=O) groups excluding carboxylic acids is 1.